The third-order valence-electron chi connectivity index (χ3n) is 4.47. The molecular formula is C16H19NO2S. The lowest BCUT2D eigenvalue weighted by Gasteiger charge is -2.28. The second-order valence-corrected chi connectivity index (χ2v) is 6.69. The van der Waals surface area contributed by atoms with Crippen molar-refractivity contribution in [3.63, 3.8) is 0 Å². The highest BCUT2D eigenvalue weighted by molar-refractivity contribution is 7.19. The molecule has 0 aliphatic carbocycles. The van der Waals surface area contributed by atoms with Gasteiger partial charge in [-0.05, 0) is 44.3 Å². The van der Waals surface area contributed by atoms with E-state index in [2.05, 4.69) is 42.2 Å². The summed E-state index contributed by atoms with van der Waals surface area (Å²) >= 11 is 1.81. The summed E-state index contributed by atoms with van der Waals surface area (Å²) in [6.07, 6.45) is 0.756. The maximum atomic E-state index is 11.2. The van der Waals surface area contributed by atoms with Crippen molar-refractivity contribution in [1.29, 1.82) is 0 Å². The van der Waals surface area contributed by atoms with Gasteiger partial charge in [0.15, 0.2) is 0 Å². The first kappa shape index (κ1) is 13.6. The lowest BCUT2D eigenvalue weighted by molar-refractivity contribution is -0.142. The van der Waals surface area contributed by atoms with E-state index in [-0.39, 0.29) is 18.0 Å². The Bertz CT molecular complexity index is 603. The molecule has 3 atom stereocenters. The van der Waals surface area contributed by atoms with Crippen LogP contribution in [-0.2, 0) is 4.79 Å². The van der Waals surface area contributed by atoms with E-state index >= 15 is 0 Å². The van der Waals surface area contributed by atoms with Crippen molar-refractivity contribution in [3.05, 3.63) is 35.2 Å². The summed E-state index contributed by atoms with van der Waals surface area (Å²) in [5.41, 5.74) is 0. The summed E-state index contributed by atoms with van der Waals surface area (Å²) in [5.74, 6) is -0.893. The summed E-state index contributed by atoms with van der Waals surface area (Å²) < 4.78 is 1.30. The first-order chi connectivity index (χ1) is 9.58. The Morgan fingerprint density at radius 1 is 1.45 bits per heavy atom. The molecule has 3 unspecified atom stereocenters. The van der Waals surface area contributed by atoms with Crippen LogP contribution in [0.1, 0.15) is 31.2 Å². The molecule has 106 valence electrons. The van der Waals surface area contributed by atoms with E-state index in [0.29, 0.717) is 0 Å². The van der Waals surface area contributed by atoms with Gasteiger partial charge in [-0.2, -0.15) is 0 Å². The zero-order chi connectivity index (χ0) is 14.3. The van der Waals surface area contributed by atoms with Gasteiger partial charge in [-0.1, -0.05) is 18.2 Å². The molecule has 1 aromatic carbocycles. The van der Waals surface area contributed by atoms with E-state index in [0.717, 1.165) is 13.0 Å². The van der Waals surface area contributed by atoms with Crippen LogP contribution >= 0.6 is 11.3 Å². The molecule has 1 aliphatic heterocycles. The molecule has 1 aliphatic rings. The van der Waals surface area contributed by atoms with Crippen molar-refractivity contribution in [2.24, 2.45) is 5.92 Å². The van der Waals surface area contributed by atoms with Crippen LogP contribution in [0, 0.1) is 5.92 Å². The Balaban J connectivity index is 1.85. The SMILES string of the molecule is CC(c1cc2ccccc2s1)N1CCC(C(=O)O)C1C. The second kappa shape index (κ2) is 5.19. The number of benzene rings is 1. The third kappa shape index (κ3) is 2.23. The Labute approximate surface area is 122 Å². The van der Waals surface area contributed by atoms with Gasteiger partial charge in [0.25, 0.3) is 0 Å². The summed E-state index contributed by atoms with van der Waals surface area (Å²) in [4.78, 5) is 14.9. The van der Waals surface area contributed by atoms with Crippen LogP contribution in [-0.4, -0.2) is 28.6 Å². The molecule has 0 amide bonds. The molecule has 2 heterocycles. The number of carboxylic acids is 1. The summed E-state index contributed by atoms with van der Waals surface area (Å²) in [5, 5.41) is 10.5. The predicted octanol–water partition coefficient (Wildman–Crippen LogP) is 3.76. The maximum absolute atomic E-state index is 11.2. The second-order valence-electron chi connectivity index (χ2n) is 5.57. The fraction of sp³-hybridized carbons (Fsp3) is 0.438. The van der Waals surface area contributed by atoms with Gasteiger partial charge in [-0.25, -0.2) is 0 Å². The number of hydrogen-bond acceptors (Lipinski definition) is 3. The fourth-order valence-corrected chi connectivity index (χ4v) is 4.35. The molecule has 0 radical (unpaired) electrons. The highest BCUT2D eigenvalue weighted by Gasteiger charge is 2.38. The Morgan fingerprint density at radius 3 is 2.85 bits per heavy atom. The largest absolute Gasteiger partial charge is 0.481 e. The molecule has 1 saturated heterocycles. The first-order valence-electron chi connectivity index (χ1n) is 7.05. The van der Waals surface area contributed by atoms with E-state index in [4.69, 9.17) is 0 Å². The van der Waals surface area contributed by atoms with Crippen molar-refractivity contribution in [2.45, 2.75) is 32.4 Å². The van der Waals surface area contributed by atoms with Gasteiger partial charge in [0, 0.05) is 21.7 Å². The number of aliphatic carboxylic acids is 1. The van der Waals surface area contributed by atoms with Crippen LogP contribution in [0.3, 0.4) is 0 Å². The molecule has 3 nitrogen and oxygen atoms in total. The van der Waals surface area contributed by atoms with E-state index in [1.54, 1.807) is 0 Å². The van der Waals surface area contributed by atoms with Crippen molar-refractivity contribution < 1.29 is 9.90 Å². The Kier molecular flexibility index (Phi) is 3.52. The zero-order valence-corrected chi connectivity index (χ0v) is 12.6. The van der Waals surface area contributed by atoms with Gasteiger partial charge < -0.3 is 5.11 Å². The average Bonchev–Trinajstić information content (AvgIpc) is 3.01. The zero-order valence-electron chi connectivity index (χ0n) is 11.7. The monoisotopic (exact) mass is 289 g/mol. The van der Waals surface area contributed by atoms with Crippen molar-refractivity contribution in [3.8, 4) is 0 Å². The minimum atomic E-state index is -0.663. The molecule has 0 spiro atoms. The number of carbonyl (C=O) groups is 1. The van der Waals surface area contributed by atoms with Crippen molar-refractivity contribution >= 4 is 27.4 Å². The number of nitrogens with zero attached hydrogens (tertiary/aromatic N) is 1. The standard InChI is InChI=1S/C16H19NO2S/c1-10-13(16(18)19)7-8-17(10)11(2)15-9-12-5-3-4-6-14(12)20-15/h3-6,9-11,13H,7-8H2,1-2H3,(H,18,19). The van der Waals surface area contributed by atoms with Crippen molar-refractivity contribution in [1.82, 2.24) is 4.90 Å². The third-order valence-corrected chi connectivity index (χ3v) is 5.76. The normalized spacial score (nSPS) is 25.1. The fourth-order valence-electron chi connectivity index (χ4n) is 3.21. The molecule has 3 rings (SSSR count). The molecule has 0 saturated carbocycles. The molecule has 20 heavy (non-hydrogen) atoms. The number of thiophene rings is 1. The van der Waals surface area contributed by atoms with E-state index in [1.807, 2.05) is 18.3 Å². The molecule has 1 aromatic heterocycles. The highest BCUT2D eigenvalue weighted by Crippen LogP contribution is 2.37. The minimum Gasteiger partial charge on any atom is -0.481 e. The Hall–Kier alpha value is -1.39. The molecule has 1 fully saturated rings. The average molecular weight is 289 g/mol. The van der Waals surface area contributed by atoms with Gasteiger partial charge in [0.05, 0.1) is 5.92 Å². The van der Waals surface area contributed by atoms with Crippen LogP contribution in [0.15, 0.2) is 30.3 Å². The lowest BCUT2D eigenvalue weighted by Crippen LogP contribution is -2.34. The van der Waals surface area contributed by atoms with Gasteiger partial charge >= 0.3 is 5.97 Å². The summed E-state index contributed by atoms with van der Waals surface area (Å²) in [6.45, 7) is 5.09. The summed E-state index contributed by atoms with van der Waals surface area (Å²) in [6, 6.07) is 11.0. The van der Waals surface area contributed by atoms with Crippen LogP contribution in [0.5, 0.6) is 0 Å². The maximum Gasteiger partial charge on any atom is 0.308 e. The molecule has 1 N–H and O–H groups in total. The molecule has 2 aromatic rings. The van der Waals surface area contributed by atoms with Gasteiger partial charge in [-0.15, -0.1) is 11.3 Å². The van der Waals surface area contributed by atoms with Crippen LogP contribution in [0.25, 0.3) is 10.1 Å². The van der Waals surface area contributed by atoms with E-state index in [9.17, 15) is 9.90 Å². The minimum absolute atomic E-state index is 0.104. The van der Waals surface area contributed by atoms with E-state index < -0.39 is 5.97 Å². The number of hydrogen-bond donors (Lipinski definition) is 1. The smallest absolute Gasteiger partial charge is 0.308 e. The van der Waals surface area contributed by atoms with Gasteiger partial charge in [0.2, 0.25) is 0 Å². The number of fused-ring (bicyclic) bond motifs is 1. The number of carboxylic acid groups (broad SMARTS) is 1. The highest BCUT2D eigenvalue weighted by atomic mass is 32.1. The topological polar surface area (TPSA) is 40.5 Å². The quantitative estimate of drug-likeness (QED) is 0.935. The summed E-state index contributed by atoms with van der Waals surface area (Å²) in [7, 11) is 0. The molecule has 0 bridgehead atoms. The van der Waals surface area contributed by atoms with Crippen LogP contribution in [0.4, 0.5) is 0 Å². The van der Waals surface area contributed by atoms with Crippen LogP contribution < -0.4 is 0 Å². The van der Waals surface area contributed by atoms with E-state index in [1.165, 1.54) is 15.0 Å². The Morgan fingerprint density at radius 2 is 2.20 bits per heavy atom. The number of likely N-dealkylation sites (tertiary alicyclic amines) is 1. The van der Waals surface area contributed by atoms with Gasteiger partial charge in [-0.3, -0.25) is 9.69 Å². The molecule has 4 heteroatoms. The van der Waals surface area contributed by atoms with Gasteiger partial charge in [0.1, 0.15) is 0 Å². The predicted molar refractivity (Wildman–Crippen MR) is 82.2 cm³/mol. The molecular weight excluding hydrogens is 270 g/mol. The number of rotatable bonds is 3. The lowest BCUT2D eigenvalue weighted by atomic mass is 10.0. The van der Waals surface area contributed by atoms with Crippen LogP contribution in [0.2, 0.25) is 0 Å². The first-order valence-corrected chi connectivity index (χ1v) is 7.86. The van der Waals surface area contributed by atoms with Crippen molar-refractivity contribution in [2.75, 3.05) is 6.54 Å².